The molecule has 0 atom stereocenters. The molecule has 40 heavy (non-hydrogen) atoms. The third-order valence-electron chi connectivity index (χ3n) is 7.11. The topological polar surface area (TPSA) is 122 Å². The largest absolute Gasteiger partial charge is 0.506 e. The number of likely N-dealkylation sites (tertiary alicyclic amines) is 2. The lowest BCUT2D eigenvalue weighted by atomic mass is 10.1. The minimum absolute atomic E-state index is 0.00847. The molecule has 0 aliphatic carbocycles. The first-order chi connectivity index (χ1) is 19.2. The fourth-order valence-electron chi connectivity index (χ4n) is 4.87. The first kappa shape index (κ1) is 30.5. The van der Waals surface area contributed by atoms with E-state index in [2.05, 4.69) is 0 Å². The van der Waals surface area contributed by atoms with Crippen LogP contribution >= 0.6 is 0 Å². The van der Waals surface area contributed by atoms with Crippen molar-refractivity contribution in [2.75, 3.05) is 49.1 Å². The predicted molar refractivity (Wildman–Crippen MR) is 153 cm³/mol. The van der Waals surface area contributed by atoms with Gasteiger partial charge in [-0.05, 0) is 62.8 Å². The summed E-state index contributed by atoms with van der Waals surface area (Å²) >= 11 is 0. The summed E-state index contributed by atoms with van der Waals surface area (Å²) < 4.78 is 0. The molecule has 2 aliphatic heterocycles. The van der Waals surface area contributed by atoms with Crippen molar-refractivity contribution in [2.45, 2.75) is 52.4 Å². The number of carbonyl (C=O) groups excluding carboxylic acids is 4. The molecule has 0 aromatic heterocycles. The second-order valence-electron chi connectivity index (χ2n) is 10.1. The van der Waals surface area contributed by atoms with Crippen molar-refractivity contribution in [2.24, 2.45) is 0 Å². The minimum Gasteiger partial charge on any atom is -0.506 e. The first-order valence-electron chi connectivity index (χ1n) is 13.9. The van der Waals surface area contributed by atoms with Crippen LogP contribution in [0.5, 0.6) is 11.5 Å². The molecule has 216 valence electrons. The maximum atomic E-state index is 12.2. The highest BCUT2D eigenvalue weighted by Crippen LogP contribution is 2.28. The third-order valence-corrected chi connectivity index (χ3v) is 7.11. The summed E-state index contributed by atoms with van der Waals surface area (Å²) in [5, 5.41) is 19.7. The molecule has 4 amide bonds. The van der Waals surface area contributed by atoms with E-state index in [1.807, 2.05) is 0 Å². The number of nitrogens with zero attached hydrogens (tertiary/aromatic N) is 4. The molecule has 2 aliphatic rings. The highest BCUT2D eigenvalue weighted by Gasteiger charge is 2.24. The van der Waals surface area contributed by atoms with E-state index in [0.717, 1.165) is 64.7 Å². The molecule has 2 saturated heterocycles. The first-order valence-corrected chi connectivity index (χ1v) is 13.9. The van der Waals surface area contributed by atoms with Crippen LogP contribution in [-0.2, 0) is 19.2 Å². The van der Waals surface area contributed by atoms with Gasteiger partial charge in [0.25, 0.3) is 0 Å². The van der Waals surface area contributed by atoms with Crippen molar-refractivity contribution in [3.63, 3.8) is 0 Å². The molecule has 0 unspecified atom stereocenters. The average Bonchev–Trinajstić information content (AvgIpc) is 2.96. The smallest absolute Gasteiger partial charge is 0.242 e. The van der Waals surface area contributed by atoms with E-state index in [1.54, 1.807) is 46.2 Å². The molecule has 0 spiro atoms. The summed E-state index contributed by atoms with van der Waals surface area (Å²) in [5.41, 5.74) is 0.760. The van der Waals surface area contributed by atoms with Crippen molar-refractivity contribution < 1.29 is 29.4 Å². The van der Waals surface area contributed by atoms with Gasteiger partial charge in [0.05, 0.1) is 11.4 Å². The van der Waals surface area contributed by atoms with E-state index < -0.39 is 0 Å². The summed E-state index contributed by atoms with van der Waals surface area (Å²) in [6, 6.07) is 13.1. The van der Waals surface area contributed by atoms with Gasteiger partial charge in [0, 0.05) is 40.0 Å². The van der Waals surface area contributed by atoms with Crippen molar-refractivity contribution in [3.05, 3.63) is 48.5 Å². The monoisotopic (exact) mass is 552 g/mol. The Kier molecular flexibility index (Phi) is 11.4. The van der Waals surface area contributed by atoms with Crippen molar-refractivity contribution >= 4 is 35.0 Å². The summed E-state index contributed by atoms with van der Waals surface area (Å²) in [5.74, 6) is -0.622. The van der Waals surface area contributed by atoms with Gasteiger partial charge in [-0.3, -0.25) is 29.0 Å². The van der Waals surface area contributed by atoms with E-state index in [-0.39, 0.29) is 48.2 Å². The van der Waals surface area contributed by atoms with Crippen LogP contribution in [0.25, 0.3) is 0 Å². The van der Waals surface area contributed by atoms with Crippen molar-refractivity contribution in [1.29, 1.82) is 0 Å². The Labute approximate surface area is 235 Å². The molecule has 2 aromatic carbocycles. The summed E-state index contributed by atoms with van der Waals surface area (Å²) in [6.07, 6.45) is 6.37. The SMILES string of the molecule is CC(=O)N(CC(=O)N1CCCCC1)c1ccccc1O.CC(=O)N(CC(=O)N1CCCCC1)c1ccccc1O. The predicted octanol–water partition coefficient (Wildman–Crippen LogP) is 3.52. The quantitative estimate of drug-likeness (QED) is 0.566. The van der Waals surface area contributed by atoms with Crippen LogP contribution in [-0.4, -0.2) is 82.9 Å². The summed E-state index contributed by atoms with van der Waals surface area (Å²) in [7, 11) is 0. The lowest BCUT2D eigenvalue weighted by Crippen LogP contribution is -2.44. The number of aromatic hydroxyl groups is 2. The highest BCUT2D eigenvalue weighted by atomic mass is 16.3. The molecule has 0 radical (unpaired) electrons. The van der Waals surface area contributed by atoms with Crippen LogP contribution < -0.4 is 9.80 Å². The minimum atomic E-state index is -0.253. The van der Waals surface area contributed by atoms with Gasteiger partial charge in [-0.15, -0.1) is 0 Å². The number of carbonyl (C=O) groups is 4. The van der Waals surface area contributed by atoms with Gasteiger partial charge in [-0.25, -0.2) is 0 Å². The number of hydrogen-bond acceptors (Lipinski definition) is 6. The van der Waals surface area contributed by atoms with Crippen LogP contribution in [0.4, 0.5) is 11.4 Å². The lowest BCUT2D eigenvalue weighted by molar-refractivity contribution is -0.132. The molecule has 10 heteroatoms. The van der Waals surface area contributed by atoms with Gasteiger partial charge in [0.1, 0.15) is 24.6 Å². The second-order valence-corrected chi connectivity index (χ2v) is 10.1. The second kappa shape index (κ2) is 14.9. The zero-order chi connectivity index (χ0) is 29.1. The summed E-state index contributed by atoms with van der Waals surface area (Å²) in [6.45, 7) is 5.78. The molecule has 10 nitrogen and oxygen atoms in total. The number of anilines is 2. The van der Waals surface area contributed by atoms with Crippen molar-refractivity contribution in [3.8, 4) is 11.5 Å². The van der Waals surface area contributed by atoms with E-state index in [1.165, 1.54) is 35.8 Å². The van der Waals surface area contributed by atoms with Gasteiger partial charge in [-0.1, -0.05) is 24.3 Å². The number of para-hydroxylation sites is 4. The number of benzene rings is 2. The number of phenolic OH excluding ortho intramolecular Hbond substituents is 2. The molecule has 0 bridgehead atoms. The molecule has 2 N–H and O–H groups in total. The Morgan fingerprint density at radius 3 is 1.23 bits per heavy atom. The van der Waals surface area contributed by atoms with Crippen LogP contribution in [0.3, 0.4) is 0 Å². The van der Waals surface area contributed by atoms with E-state index >= 15 is 0 Å². The van der Waals surface area contributed by atoms with Gasteiger partial charge < -0.3 is 20.0 Å². The van der Waals surface area contributed by atoms with E-state index in [4.69, 9.17) is 0 Å². The standard InChI is InChI=1S/2C15H20N2O3/c2*1-12(18)17(13-7-3-4-8-14(13)19)11-15(20)16-9-5-2-6-10-16/h2*3-4,7-8,19H,2,5-6,9-11H2,1H3. The molecule has 2 heterocycles. The maximum absolute atomic E-state index is 12.2. The van der Waals surface area contributed by atoms with Crippen molar-refractivity contribution in [1.82, 2.24) is 9.80 Å². The van der Waals surface area contributed by atoms with Crippen LogP contribution in [0.1, 0.15) is 52.4 Å². The van der Waals surface area contributed by atoms with Gasteiger partial charge in [0.15, 0.2) is 0 Å². The van der Waals surface area contributed by atoms with Crippen LogP contribution in [0.2, 0.25) is 0 Å². The van der Waals surface area contributed by atoms with Gasteiger partial charge in [0.2, 0.25) is 23.6 Å². The fraction of sp³-hybridized carbons (Fsp3) is 0.467. The molecular weight excluding hydrogens is 512 g/mol. The zero-order valence-corrected chi connectivity index (χ0v) is 23.4. The Balaban J connectivity index is 0.000000220. The van der Waals surface area contributed by atoms with E-state index in [9.17, 15) is 29.4 Å². The molecule has 4 rings (SSSR count). The number of amides is 4. The summed E-state index contributed by atoms with van der Waals surface area (Å²) in [4.78, 5) is 54.2. The Bertz CT molecular complexity index is 1080. The third kappa shape index (κ3) is 8.46. The number of hydrogen-bond donors (Lipinski definition) is 2. The fourth-order valence-corrected chi connectivity index (χ4v) is 4.87. The Hall–Kier alpha value is -4.08. The van der Waals surface area contributed by atoms with Gasteiger partial charge in [-0.2, -0.15) is 0 Å². The zero-order valence-electron chi connectivity index (χ0n) is 23.4. The van der Waals surface area contributed by atoms with Crippen LogP contribution in [0.15, 0.2) is 48.5 Å². The number of piperidine rings is 2. The highest BCUT2D eigenvalue weighted by molar-refractivity contribution is 5.99. The Morgan fingerprint density at radius 2 is 0.925 bits per heavy atom. The molecule has 2 aromatic rings. The molecular formula is C30H40N4O6. The average molecular weight is 553 g/mol. The normalized spacial score (nSPS) is 14.9. The molecule has 2 fully saturated rings. The van der Waals surface area contributed by atoms with E-state index in [0.29, 0.717) is 11.4 Å². The number of phenols is 2. The Morgan fingerprint density at radius 1 is 0.600 bits per heavy atom. The van der Waals surface area contributed by atoms with Crippen LogP contribution in [0, 0.1) is 0 Å². The lowest BCUT2D eigenvalue weighted by Gasteiger charge is -2.29. The van der Waals surface area contributed by atoms with Gasteiger partial charge >= 0.3 is 0 Å². The maximum Gasteiger partial charge on any atom is 0.242 e. The molecule has 0 saturated carbocycles. The number of rotatable bonds is 6.